The molecule has 2 aliphatic carbocycles. The molecule has 0 amide bonds. The molecule has 3 fully saturated rings. The number of rotatable bonds is 7. The number of allylic oxidation sites excluding steroid dienone is 1. The predicted molar refractivity (Wildman–Crippen MR) is 98.6 cm³/mol. The van der Waals surface area contributed by atoms with E-state index in [1.807, 2.05) is 0 Å². The van der Waals surface area contributed by atoms with Gasteiger partial charge in [0, 0.05) is 30.1 Å². The van der Waals surface area contributed by atoms with Gasteiger partial charge in [-0.25, -0.2) is 0 Å². The van der Waals surface area contributed by atoms with E-state index in [9.17, 15) is 14.7 Å². The number of hydrogen-bond donors (Lipinski definition) is 2. The van der Waals surface area contributed by atoms with Crippen LogP contribution in [0.25, 0.3) is 0 Å². The Labute approximate surface area is 165 Å². The zero-order chi connectivity index (χ0) is 20.2. The third-order valence-corrected chi connectivity index (χ3v) is 7.80. The third-order valence-electron chi connectivity index (χ3n) is 7.80. The molecular weight excluding hydrogens is 364 g/mol. The maximum Gasteiger partial charge on any atom is 0.306 e. The van der Waals surface area contributed by atoms with Gasteiger partial charge < -0.3 is 24.4 Å². The van der Waals surface area contributed by atoms with Crippen molar-refractivity contribution in [1.82, 2.24) is 0 Å². The van der Waals surface area contributed by atoms with Crippen LogP contribution >= 0.6 is 0 Å². The first-order valence-corrected chi connectivity index (χ1v) is 10.3. The van der Waals surface area contributed by atoms with Crippen LogP contribution in [0.15, 0.2) is 11.6 Å². The number of aliphatic carboxylic acids is 1. The van der Waals surface area contributed by atoms with E-state index in [2.05, 4.69) is 19.9 Å². The first-order valence-electron chi connectivity index (χ1n) is 10.3. The summed E-state index contributed by atoms with van der Waals surface area (Å²) >= 11 is 0. The Bertz CT molecular complexity index is 697. The summed E-state index contributed by atoms with van der Waals surface area (Å²) in [5, 5.41) is 19.2. The second kappa shape index (κ2) is 6.82. The second-order valence-corrected chi connectivity index (χ2v) is 9.07. The highest BCUT2D eigenvalue weighted by atomic mass is 16.6. The minimum absolute atomic E-state index is 0.0392. The Kier molecular flexibility index (Phi) is 4.83. The first kappa shape index (κ1) is 19.9. The molecule has 156 valence electrons. The van der Waals surface area contributed by atoms with Gasteiger partial charge in [0.05, 0.1) is 25.4 Å². The normalized spacial score (nSPS) is 43.4. The van der Waals surface area contributed by atoms with Gasteiger partial charge in [0.2, 0.25) is 0 Å². The molecule has 28 heavy (non-hydrogen) atoms. The number of ether oxygens (including phenoxy) is 3. The number of carboxylic acid groups (broad SMARTS) is 1. The molecule has 0 aromatic carbocycles. The monoisotopic (exact) mass is 394 g/mol. The van der Waals surface area contributed by atoms with Crippen LogP contribution in [0.3, 0.4) is 0 Å². The number of carbonyl (C=O) groups is 2. The molecule has 2 heterocycles. The van der Waals surface area contributed by atoms with E-state index in [0.717, 1.165) is 12.8 Å². The van der Waals surface area contributed by atoms with E-state index in [-0.39, 0.29) is 43.7 Å². The fourth-order valence-corrected chi connectivity index (χ4v) is 5.93. The van der Waals surface area contributed by atoms with Crippen LogP contribution in [-0.2, 0) is 23.8 Å². The van der Waals surface area contributed by atoms with Crippen LogP contribution in [0, 0.1) is 10.8 Å². The summed E-state index contributed by atoms with van der Waals surface area (Å²) in [5.74, 6) is -1.17. The number of epoxide rings is 1. The highest BCUT2D eigenvalue weighted by Gasteiger charge is 2.82. The van der Waals surface area contributed by atoms with Crippen LogP contribution in [0.5, 0.6) is 0 Å². The van der Waals surface area contributed by atoms with Crippen molar-refractivity contribution in [2.24, 2.45) is 10.8 Å². The molecule has 4 aliphatic rings. The fraction of sp³-hybridized carbons (Fsp3) is 0.810. The Balaban J connectivity index is 1.54. The fourth-order valence-electron chi connectivity index (χ4n) is 5.93. The number of esters is 1. The zero-order valence-corrected chi connectivity index (χ0v) is 16.6. The number of carbonyl (C=O) groups excluding carboxylic acids is 1. The van der Waals surface area contributed by atoms with Crippen molar-refractivity contribution in [2.45, 2.75) is 82.7 Å². The maximum atomic E-state index is 12.5. The van der Waals surface area contributed by atoms with E-state index >= 15 is 0 Å². The van der Waals surface area contributed by atoms with Crippen LogP contribution in [0.2, 0.25) is 0 Å². The van der Waals surface area contributed by atoms with Gasteiger partial charge in [0.25, 0.3) is 0 Å². The van der Waals surface area contributed by atoms with Crippen LogP contribution in [0.4, 0.5) is 0 Å². The lowest BCUT2D eigenvalue weighted by atomic mass is 9.51. The molecule has 2 N–H and O–H groups in total. The SMILES string of the molecule is CC1=C[C@H]2O[C@@H]3C[C@@H](OC(=O)CCCCC(=O)O)[C@@](C)(C34CO4)[C@@]2(CO)CC1. The van der Waals surface area contributed by atoms with E-state index in [1.165, 1.54) is 5.57 Å². The summed E-state index contributed by atoms with van der Waals surface area (Å²) in [5.41, 5.74) is -0.281. The van der Waals surface area contributed by atoms with Crippen LogP contribution in [0.1, 0.15) is 58.8 Å². The average Bonchev–Trinajstić information content (AvgIpc) is 3.42. The summed E-state index contributed by atoms with van der Waals surface area (Å²) in [6.07, 6.45) is 4.84. The van der Waals surface area contributed by atoms with Gasteiger partial charge in [-0.05, 0) is 32.6 Å². The lowest BCUT2D eigenvalue weighted by Crippen LogP contribution is -2.66. The van der Waals surface area contributed by atoms with E-state index < -0.39 is 22.4 Å². The van der Waals surface area contributed by atoms with E-state index in [4.69, 9.17) is 19.3 Å². The minimum Gasteiger partial charge on any atom is -0.481 e. The Morgan fingerprint density at radius 1 is 1.32 bits per heavy atom. The number of aliphatic hydroxyl groups is 1. The number of hydrogen-bond acceptors (Lipinski definition) is 6. The van der Waals surface area contributed by atoms with Gasteiger partial charge in [-0.15, -0.1) is 0 Å². The molecule has 0 aromatic heterocycles. The molecule has 7 nitrogen and oxygen atoms in total. The van der Waals surface area contributed by atoms with Crippen molar-refractivity contribution in [3.8, 4) is 0 Å². The third kappa shape index (κ3) is 2.66. The molecule has 4 rings (SSSR count). The molecule has 2 saturated heterocycles. The molecule has 1 saturated carbocycles. The largest absolute Gasteiger partial charge is 0.481 e. The van der Waals surface area contributed by atoms with Gasteiger partial charge in [-0.3, -0.25) is 9.59 Å². The summed E-state index contributed by atoms with van der Waals surface area (Å²) in [7, 11) is 0. The highest BCUT2D eigenvalue weighted by molar-refractivity contribution is 5.70. The first-order chi connectivity index (χ1) is 13.3. The summed E-state index contributed by atoms with van der Waals surface area (Å²) < 4.78 is 18.3. The number of carboxylic acids is 1. The lowest BCUT2D eigenvalue weighted by molar-refractivity contribution is -0.229. The van der Waals surface area contributed by atoms with Gasteiger partial charge >= 0.3 is 11.9 Å². The van der Waals surface area contributed by atoms with Gasteiger partial charge in [-0.2, -0.15) is 0 Å². The molecule has 1 unspecified atom stereocenters. The summed E-state index contributed by atoms with van der Waals surface area (Å²) in [6, 6.07) is 0. The van der Waals surface area contributed by atoms with E-state index in [1.54, 1.807) is 0 Å². The molecule has 1 spiro atoms. The van der Waals surface area contributed by atoms with Crippen LogP contribution < -0.4 is 0 Å². The van der Waals surface area contributed by atoms with Crippen molar-refractivity contribution in [3.63, 3.8) is 0 Å². The van der Waals surface area contributed by atoms with E-state index in [0.29, 0.717) is 25.9 Å². The smallest absolute Gasteiger partial charge is 0.306 e. The number of aliphatic hydroxyl groups excluding tert-OH is 1. The lowest BCUT2D eigenvalue weighted by Gasteiger charge is -2.58. The molecule has 7 heteroatoms. The average molecular weight is 394 g/mol. The van der Waals surface area contributed by atoms with Gasteiger partial charge in [0.1, 0.15) is 11.7 Å². The van der Waals surface area contributed by atoms with Crippen molar-refractivity contribution in [1.29, 1.82) is 0 Å². The molecule has 0 radical (unpaired) electrons. The van der Waals surface area contributed by atoms with Crippen molar-refractivity contribution in [3.05, 3.63) is 11.6 Å². The Morgan fingerprint density at radius 3 is 2.68 bits per heavy atom. The Hall–Kier alpha value is -1.44. The summed E-state index contributed by atoms with van der Waals surface area (Å²) in [6.45, 7) is 4.71. The zero-order valence-electron chi connectivity index (χ0n) is 16.6. The number of unbranched alkanes of at least 4 members (excludes halogenated alkanes) is 1. The predicted octanol–water partition coefficient (Wildman–Crippen LogP) is 2.21. The number of fused-ring (bicyclic) bond motifs is 2. The second-order valence-electron chi connectivity index (χ2n) is 9.07. The van der Waals surface area contributed by atoms with Gasteiger partial charge in [0.15, 0.2) is 0 Å². The minimum atomic E-state index is -0.855. The van der Waals surface area contributed by atoms with Gasteiger partial charge in [-0.1, -0.05) is 18.6 Å². The molecule has 6 atom stereocenters. The van der Waals surface area contributed by atoms with Crippen molar-refractivity contribution >= 4 is 11.9 Å². The molecule has 0 aromatic rings. The quantitative estimate of drug-likeness (QED) is 0.295. The van der Waals surface area contributed by atoms with Crippen molar-refractivity contribution < 1.29 is 34.0 Å². The van der Waals surface area contributed by atoms with Crippen LogP contribution in [-0.4, -0.2) is 59.3 Å². The standard InChI is InChI=1S/C21H30O7/c1-13-7-8-20(11-22)15(9-13)27-16-10-14(19(20,2)21(16)12-26-21)28-18(25)6-4-3-5-17(23)24/h9,14-16,22H,3-8,10-12H2,1-2H3,(H,23,24)/t14-,15-,16-,19-,20-,21?/m1/s1. The Morgan fingerprint density at radius 2 is 2.04 bits per heavy atom. The molecule has 2 bridgehead atoms. The molecular formula is C21H30O7. The summed E-state index contributed by atoms with van der Waals surface area (Å²) in [4.78, 5) is 23.1. The molecule has 2 aliphatic heterocycles. The maximum absolute atomic E-state index is 12.5. The highest BCUT2D eigenvalue weighted by Crippen LogP contribution is 2.71. The van der Waals surface area contributed by atoms with Crippen molar-refractivity contribution in [2.75, 3.05) is 13.2 Å². The topological polar surface area (TPSA) is 106 Å².